The van der Waals surface area contributed by atoms with Crippen LogP contribution in [0.2, 0.25) is 0 Å². The highest BCUT2D eigenvalue weighted by Gasteiger charge is 2.38. The van der Waals surface area contributed by atoms with Crippen molar-refractivity contribution >= 4 is 17.5 Å². The Labute approximate surface area is 191 Å². The Balaban J connectivity index is 1.37. The number of carbonyl (C=O) groups is 1. The molecule has 0 spiro atoms. The van der Waals surface area contributed by atoms with E-state index < -0.39 is 6.23 Å². The second-order valence-corrected chi connectivity index (χ2v) is 9.08. The van der Waals surface area contributed by atoms with Crippen LogP contribution in [-0.4, -0.2) is 62.4 Å². The predicted octanol–water partition coefficient (Wildman–Crippen LogP) is 1.86. The monoisotopic (exact) mass is 449 g/mol. The SMILES string of the molecule is CC1(C)Cc2cnc(N)nc2-c2n[nH]c(C(=O)Nc3ccc(C(O)N4CCOCC4)cc3)c21. The average Bonchev–Trinajstić information content (AvgIpc) is 3.27. The van der Waals surface area contributed by atoms with Crippen LogP contribution in [0.3, 0.4) is 0 Å². The van der Waals surface area contributed by atoms with Crippen LogP contribution in [0.5, 0.6) is 0 Å². The minimum absolute atomic E-state index is 0.174. The molecular weight excluding hydrogens is 422 g/mol. The lowest BCUT2D eigenvalue weighted by molar-refractivity contribution is -0.0603. The molecule has 1 aliphatic heterocycles. The average molecular weight is 450 g/mol. The maximum atomic E-state index is 13.2. The Morgan fingerprint density at radius 3 is 2.70 bits per heavy atom. The number of morpholine rings is 1. The first-order valence-corrected chi connectivity index (χ1v) is 11.0. The van der Waals surface area contributed by atoms with Crippen LogP contribution in [-0.2, 0) is 16.6 Å². The molecule has 2 aliphatic rings. The van der Waals surface area contributed by atoms with E-state index in [1.807, 2.05) is 17.0 Å². The number of rotatable bonds is 4. The zero-order valence-corrected chi connectivity index (χ0v) is 18.6. The van der Waals surface area contributed by atoms with E-state index in [1.54, 1.807) is 18.3 Å². The number of aliphatic hydroxyl groups is 1. The fourth-order valence-corrected chi connectivity index (χ4v) is 4.62. The van der Waals surface area contributed by atoms with Gasteiger partial charge in [0.05, 0.1) is 18.9 Å². The standard InChI is InChI=1S/C23H27N7O3/c1-23(2)11-14-12-25-22(24)27-17(14)18-16(23)19(29-28-18)20(31)26-15-5-3-13(4-6-15)21(32)30-7-9-33-10-8-30/h3-6,12,21,32H,7-11H2,1-2H3,(H,26,31)(H,28,29)(H2,24,25,27). The van der Waals surface area contributed by atoms with Gasteiger partial charge in [-0.15, -0.1) is 0 Å². The van der Waals surface area contributed by atoms with Crippen LogP contribution in [0.4, 0.5) is 11.6 Å². The minimum atomic E-state index is -0.700. The number of aromatic amines is 1. The quantitative estimate of drug-likeness (QED) is 0.473. The summed E-state index contributed by atoms with van der Waals surface area (Å²) in [6.07, 6.45) is 1.70. The van der Waals surface area contributed by atoms with Crippen LogP contribution < -0.4 is 11.1 Å². The summed E-state index contributed by atoms with van der Waals surface area (Å²) in [5.74, 6) is -0.114. The van der Waals surface area contributed by atoms with Gasteiger partial charge in [0.1, 0.15) is 17.6 Å². The Morgan fingerprint density at radius 2 is 1.97 bits per heavy atom. The normalized spacial score (nSPS) is 18.3. The van der Waals surface area contributed by atoms with E-state index in [0.29, 0.717) is 55.5 Å². The molecule has 10 heteroatoms. The number of nitrogen functional groups attached to an aromatic ring is 1. The highest BCUT2D eigenvalue weighted by atomic mass is 16.5. The van der Waals surface area contributed by atoms with Gasteiger partial charge in [0.15, 0.2) is 0 Å². The summed E-state index contributed by atoms with van der Waals surface area (Å²) in [7, 11) is 0. The van der Waals surface area contributed by atoms with Gasteiger partial charge >= 0.3 is 0 Å². The lowest BCUT2D eigenvalue weighted by atomic mass is 9.73. The van der Waals surface area contributed by atoms with Gasteiger partial charge in [0.2, 0.25) is 5.95 Å². The van der Waals surface area contributed by atoms with Crippen LogP contribution in [0.15, 0.2) is 30.5 Å². The second kappa shape index (κ2) is 8.22. The summed E-state index contributed by atoms with van der Waals surface area (Å²) >= 11 is 0. The van der Waals surface area contributed by atoms with Crippen molar-refractivity contribution in [3.05, 3.63) is 52.8 Å². The number of hydrogen-bond acceptors (Lipinski definition) is 8. The van der Waals surface area contributed by atoms with Gasteiger partial charge in [0.25, 0.3) is 5.91 Å². The lowest BCUT2D eigenvalue weighted by Gasteiger charge is -2.31. The molecule has 33 heavy (non-hydrogen) atoms. The number of nitrogens with one attached hydrogen (secondary N) is 2. The van der Waals surface area contributed by atoms with Crippen molar-refractivity contribution in [1.29, 1.82) is 0 Å². The maximum absolute atomic E-state index is 13.2. The molecule has 0 saturated carbocycles. The van der Waals surface area contributed by atoms with Gasteiger partial charge in [-0.3, -0.25) is 14.8 Å². The molecule has 3 heterocycles. The third kappa shape index (κ3) is 3.97. The molecule has 1 aromatic carbocycles. The number of ether oxygens (including phenoxy) is 1. The lowest BCUT2D eigenvalue weighted by Crippen LogP contribution is -2.39. The van der Waals surface area contributed by atoms with E-state index in [9.17, 15) is 9.90 Å². The summed E-state index contributed by atoms with van der Waals surface area (Å²) < 4.78 is 5.34. The largest absolute Gasteiger partial charge is 0.379 e. The molecule has 172 valence electrons. The van der Waals surface area contributed by atoms with Crippen LogP contribution >= 0.6 is 0 Å². The Morgan fingerprint density at radius 1 is 1.24 bits per heavy atom. The van der Waals surface area contributed by atoms with Crippen LogP contribution in [0, 0.1) is 0 Å². The first-order valence-electron chi connectivity index (χ1n) is 11.0. The molecule has 0 bridgehead atoms. The summed E-state index contributed by atoms with van der Waals surface area (Å²) in [5.41, 5.74) is 10.3. The highest BCUT2D eigenvalue weighted by Crippen LogP contribution is 2.42. The molecule has 1 fully saturated rings. The van der Waals surface area contributed by atoms with E-state index in [4.69, 9.17) is 10.5 Å². The number of H-pyrrole nitrogens is 1. The molecule has 1 aliphatic carbocycles. The molecular formula is C23H27N7O3. The molecule has 1 unspecified atom stereocenters. The third-order valence-electron chi connectivity index (χ3n) is 6.27. The fourth-order valence-electron chi connectivity index (χ4n) is 4.62. The topological polar surface area (TPSA) is 142 Å². The number of fused-ring (bicyclic) bond motifs is 3. The number of benzene rings is 1. The zero-order valence-electron chi connectivity index (χ0n) is 18.6. The van der Waals surface area contributed by atoms with Gasteiger partial charge in [-0.25, -0.2) is 9.97 Å². The van der Waals surface area contributed by atoms with Crippen molar-refractivity contribution in [1.82, 2.24) is 25.1 Å². The molecule has 10 nitrogen and oxygen atoms in total. The molecule has 5 rings (SSSR count). The smallest absolute Gasteiger partial charge is 0.273 e. The molecule has 1 saturated heterocycles. The number of aromatic nitrogens is 4. The van der Waals surface area contributed by atoms with E-state index >= 15 is 0 Å². The number of nitrogens with two attached hydrogens (primary N) is 1. The van der Waals surface area contributed by atoms with Gasteiger partial charge < -0.3 is 20.9 Å². The maximum Gasteiger partial charge on any atom is 0.273 e. The number of anilines is 2. The molecule has 1 atom stereocenters. The van der Waals surface area contributed by atoms with Crippen molar-refractivity contribution in [2.45, 2.75) is 31.9 Å². The number of aliphatic hydroxyl groups excluding tert-OH is 1. The van der Waals surface area contributed by atoms with E-state index in [0.717, 1.165) is 16.7 Å². The zero-order chi connectivity index (χ0) is 23.2. The van der Waals surface area contributed by atoms with E-state index in [-0.39, 0.29) is 17.3 Å². The summed E-state index contributed by atoms with van der Waals surface area (Å²) in [6, 6.07) is 7.21. The first kappa shape index (κ1) is 21.5. The Hall–Kier alpha value is -3.34. The highest BCUT2D eigenvalue weighted by molar-refractivity contribution is 6.05. The molecule has 0 radical (unpaired) electrons. The number of nitrogens with zero attached hydrogens (tertiary/aromatic N) is 4. The van der Waals surface area contributed by atoms with E-state index in [2.05, 4.69) is 39.3 Å². The molecule has 2 aromatic heterocycles. The van der Waals surface area contributed by atoms with E-state index in [1.165, 1.54) is 0 Å². The van der Waals surface area contributed by atoms with Crippen LogP contribution in [0.25, 0.3) is 11.4 Å². The summed E-state index contributed by atoms with van der Waals surface area (Å²) in [5, 5.41) is 20.8. The summed E-state index contributed by atoms with van der Waals surface area (Å²) in [4.78, 5) is 23.6. The minimum Gasteiger partial charge on any atom is -0.379 e. The number of amides is 1. The third-order valence-corrected chi connectivity index (χ3v) is 6.27. The number of carbonyl (C=O) groups excluding carboxylic acids is 1. The molecule has 1 amide bonds. The predicted molar refractivity (Wildman–Crippen MR) is 123 cm³/mol. The number of hydrogen-bond donors (Lipinski definition) is 4. The molecule has 3 aromatic rings. The second-order valence-electron chi connectivity index (χ2n) is 9.08. The first-order chi connectivity index (χ1) is 15.8. The van der Waals surface area contributed by atoms with Crippen molar-refractivity contribution in [3.8, 4) is 11.4 Å². The van der Waals surface area contributed by atoms with Gasteiger partial charge in [-0.1, -0.05) is 26.0 Å². The van der Waals surface area contributed by atoms with Crippen LogP contribution in [0.1, 0.15) is 47.3 Å². The molecule has 5 N–H and O–H groups in total. The van der Waals surface area contributed by atoms with Gasteiger partial charge in [-0.05, 0) is 35.1 Å². The van der Waals surface area contributed by atoms with Gasteiger partial charge in [0, 0.05) is 30.5 Å². The Kier molecular flexibility index (Phi) is 5.35. The van der Waals surface area contributed by atoms with Gasteiger partial charge in [-0.2, -0.15) is 5.10 Å². The van der Waals surface area contributed by atoms with Crippen molar-refractivity contribution < 1.29 is 14.6 Å². The summed E-state index contributed by atoms with van der Waals surface area (Å²) in [6.45, 7) is 6.72. The Bertz CT molecular complexity index is 1180. The van der Waals surface area contributed by atoms with Crippen molar-refractivity contribution in [3.63, 3.8) is 0 Å². The van der Waals surface area contributed by atoms with Crippen molar-refractivity contribution in [2.24, 2.45) is 0 Å². The van der Waals surface area contributed by atoms with Crippen molar-refractivity contribution in [2.75, 3.05) is 37.4 Å². The fraction of sp³-hybridized carbons (Fsp3) is 0.391.